The topological polar surface area (TPSA) is 66.8 Å². The van der Waals surface area contributed by atoms with E-state index in [9.17, 15) is 27.5 Å². The van der Waals surface area contributed by atoms with Crippen molar-refractivity contribution in [3.63, 3.8) is 0 Å². The number of halogens is 4. The van der Waals surface area contributed by atoms with Gasteiger partial charge < -0.3 is 14.9 Å². The molecule has 0 aliphatic rings. The molecule has 0 bridgehead atoms. The van der Waals surface area contributed by atoms with E-state index in [-0.39, 0.29) is 0 Å². The molecule has 0 saturated carbocycles. The molecule has 0 radical (unpaired) electrons. The maximum absolute atomic E-state index is 13.9. The van der Waals surface area contributed by atoms with Crippen LogP contribution in [-0.4, -0.2) is 22.5 Å². The average Bonchev–Trinajstić information content (AvgIpc) is 2.45. The molecule has 8 heteroatoms. The van der Waals surface area contributed by atoms with Crippen molar-refractivity contribution in [1.82, 2.24) is 0 Å². The Morgan fingerprint density at radius 2 is 1.61 bits per heavy atom. The van der Waals surface area contributed by atoms with Gasteiger partial charge in [-0.2, -0.15) is 0 Å². The molecule has 2 aromatic carbocycles. The van der Waals surface area contributed by atoms with Crippen molar-refractivity contribution < 1.29 is 37.3 Å². The molecule has 0 aromatic heterocycles. The highest BCUT2D eigenvalue weighted by Gasteiger charge is 2.31. The van der Waals surface area contributed by atoms with E-state index in [0.717, 1.165) is 24.3 Å². The summed E-state index contributed by atoms with van der Waals surface area (Å²) < 4.78 is 53.8. The molecule has 2 N–H and O–H groups in total. The zero-order valence-electron chi connectivity index (χ0n) is 11.3. The van der Waals surface area contributed by atoms with Gasteiger partial charge in [0.15, 0.2) is 6.10 Å². The number of benzene rings is 2. The maximum Gasteiger partial charge on any atom is 0.573 e. The quantitative estimate of drug-likeness (QED) is 0.842. The van der Waals surface area contributed by atoms with Gasteiger partial charge in [0.1, 0.15) is 11.6 Å². The lowest BCUT2D eigenvalue weighted by atomic mass is 10.0. The Morgan fingerprint density at radius 3 is 2.09 bits per heavy atom. The molecule has 4 nitrogen and oxygen atoms in total. The van der Waals surface area contributed by atoms with Crippen LogP contribution < -0.4 is 4.74 Å². The second-order valence-corrected chi connectivity index (χ2v) is 4.55. The van der Waals surface area contributed by atoms with E-state index in [0.29, 0.717) is 11.1 Å². The Labute approximate surface area is 127 Å². The lowest BCUT2D eigenvalue weighted by Gasteiger charge is -2.11. The first-order chi connectivity index (χ1) is 10.7. The smallest absolute Gasteiger partial charge is 0.479 e. The maximum atomic E-state index is 13.9. The Kier molecular flexibility index (Phi) is 4.55. The van der Waals surface area contributed by atoms with Crippen molar-refractivity contribution in [2.75, 3.05) is 0 Å². The van der Waals surface area contributed by atoms with Crippen molar-refractivity contribution >= 4 is 5.97 Å². The first kappa shape index (κ1) is 16.8. The van der Waals surface area contributed by atoms with Crippen LogP contribution in [0.3, 0.4) is 0 Å². The standard InChI is InChI=1S/C15H10F4O4/c16-12-7-9(3-6-11(12)13(20)14(21)22)8-1-4-10(5-2-8)23-15(17,18)19/h1-7,13,20H,(H,21,22). The van der Waals surface area contributed by atoms with Crippen molar-refractivity contribution in [1.29, 1.82) is 0 Å². The lowest BCUT2D eigenvalue weighted by molar-refractivity contribution is -0.274. The fourth-order valence-corrected chi connectivity index (χ4v) is 1.91. The van der Waals surface area contributed by atoms with Crippen LogP contribution in [0.2, 0.25) is 0 Å². The minimum Gasteiger partial charge on any atom is -0.479 e. The van der Waals surface area contributed by atoms with Crippen molar-refractivity contribution in [3.8, 4) is 16.9 Å². The number of carboxylic acid groups (broad SMARTS) is 1. The van der Waals surface area contributed by atoms with Crippen molar-refractivity contribution in [3.05, 3.63) is 53.8 Å². The summed E-state index contributed by atoms with van der Waals surface area (Å²) in [4.78, 5) is 10.6. The predicted molar refractivity (Wildman–Crippen MR) is 71.1 cm³/mol. The summed E-state index contributed by atoms with van der Waals surface area (Å²) in [5.74, 6) is -2.95. The van der Waals surface area contributed by atoms with Crippen LogP contribution in [0, 0.1) is 5.82 Å². The summed E-state index contributed by atoms with van der Waals surface area (Å²) in [6.07, 6.45) is -6.80. The minimum atomic E-state index is -4.80. The molecule has 0 heterocycles. The Bertz CT molecular complexity index is 710. The molecule has 2 aromatic rings. The van der Waals surface area contributed by atoms with Crippen LogP contribution in [-0.2, 0) is 4.79 Å². The van der Waals surface area contributed by atoms with E-state index in [1.54, 1.807) is 0 Å². The van der Waals surface area contributed by atoms with E-state index >= 15 is 0 Å². The van der Waals surface area contributed by atoms with Crippen LogP contribution >= 0.6 is 0 Å². The molecule has 0 aliphatic carbocycles. The van der Waals surface area contributed by atoms with E-state index in [1.807, 2.05) is 0 Å². The number of ether oxygens (including phenoxy) is 1. The summed E-state index contributed by atoms with van der Waals surface area (Å²) in [7, 11) is 0. The third-order valence-corrected chi connectivity index (χ3v) is 2.95. The molecule has 122 valence electrons. The average molecular weight is 330 g/mol. The number of carbonyl (C=O) groups is 1. The number of hydrogen-bond acceptors (Lipinski definition) is 3. The molecule has 0 spiro atoms. The predicted octanol–water partition coefficient (Wildman–Crippen LogP) is 3.51. The molecule has 0 saturated heterocycles. The van der Waals surface area contributed by atoms with Crippen LogP contribution in [0.4, 0.5) is 17.6 Å². The van der Waals surface area contributed by atoms with E-state index in [4.69, 9.17) is 5.11 Å². The zero-order chi connectivity index (χ0) is 17.2. The van der Waals surface area contributed by atoms with Crippen LogP contribution in [0.25, 0.3) is 11.1 Å². The number of hydrogen-bond donors (Lipinski definition) is 2. The highest BCUT2D eigenvalue weighted by atomic mass is 19.4. The van der Waals surface area contributed by atoms with Crippen LogP contribution in [0.15, 0.2) is 42.5 Å². The Balaban J connectivity index is 2.26. The largest absolute Gasteiger partial charge is 0.573 e. The summed E-state index contributed by atoms with van der Waals surface area (Å²) in [5.41, 5.74) is 0.301. The van der Waals surface area contributed by atoms with Crippen LogP contribution in [0.1, 0.15) is 11.7 Å². The molecule has 1 atom stereocenters. The van der Waals surface area contributed by atoms with Gasteiger partial charge in [-0.1, -0.05) is 24.3 Å². The van der Waals surface area contributed by atoms with Gasteiger partial charge in [-0.05, 0) is 29.3 Å². The SMILES string of the molecule is O=C(O)C(O)c1ccc(-c2ccc(OC(F)(F)F)cc2)cc1F. The molecule has 0 fully saturated rings. The Morgan fingerprint density at radius 1 is 1.04 bits per heavy atom. The number of alkyl halides is 3. The molecular formula is C15H10F4O4. The second kappa shape index (κ2) is 6.25. The summed E-state index contributed by atoms with van der Waals surface area (Å²) >= 11 is 0. The minimum absolute atomic E-state index is 0.308. The monoisotopic (exact) mass is 330 g/mol. The molecular weight excluding hydrogens is 320 g/mol. The molecule has 1 unspecified atom stereocenters. The first-order valence-electron chi connectivity index (χ1n) is 6.24. The summed E-state index contributed by atoms with van der Waals surface area (Å²) in [5, 5.41) is 18.0. The Hall–Kier alpha value is -2.61. The summed E-state index contributed by atoms with van der Waals surface area (Å²) in [6, 6.07) is 8.17. The first-order valence-corrected chi connectivity index (χ1v) is 6.24. The lowest BCUT2D eigenvalue weighted by Crippen LogP contribution is -2.16. The third kappa shape index (κ3) is 4.19. The van der Waals surface area contributed by atoms with Crippen molar-refractivity contribution in [2.24, 2.45) is 0 Å². The van der Waals surface area contributed by atoms with Gasteiger partial charge in [0.25, 0.3) is 0 Å². The van der Waals surface area contributed by atoms with Gasteiger partial charge in [-0.15, -0.1) is 13.2 Å². The molecule has 0 amide bonds. The number of aliphatic hydroxyl groups excluding tert-OH is 1. The number of aliphatic hydroxyl groups is 1. The fraction of sp³-hybridized carbons (Fsp3) is 0.133. The summed E-state index contributed by atoms with van der Waals surface area (Å²) in [6.45, 7) is 0. The normalized spacial score (nSPS) is 12.7. The fourth-order valence-electron chi connectivity index (χ4n) is 1.91. The highest BCUT2D eigenvalue weighted by molar-refractivity contribution is 5.75. The number of carboxylic acids is 1. The molecule has 0 aliphatic heterocycles. The van der Waals surface area contributed by atoms with Gasteiger partial charge >= 0.3 is 12.3 Å². The highest BCUT2D eigenvalue weighted by Crippen LogP contribution is 2.28. The van der Waals surface area contributed by atoms with Gasteiger partial charge in [0.05, 0.1) is 0 Å². The van der Waals surface area contributed by atoms with E-state index in [2.05, 4.69) is 4.74 Å². The van der Waals surface area contributed by atoms with Gasteiger partial charge in [0.2, 0.25) is 0 Å². The number of aliphatic carboxylic acids is 1. The third-order valence-electron chi connectivity index (χ3n) is 2.95. The van der Waals surface area contributed by atoms with Gasteiger partial charge in [0, 0.05) is 5.56 Å². The van der Waals surface area contributed by atoms with Gasteiger partial charge in [-0.25, -0.2) is 9.18 Å². The van der Waals surface area contributed by atoms with Crippen molar-refractivity contribution in [2.45, 2.75) is 12.5 Å². The van der Waals surface area contributed by atoms with E-state index in [1.165, 1.54) is 18.2 Å². The second-order valence-electron chi connectivity index (χ2n) is 4.55. The molecule has 2 rings (SSSR count). The number of rotatable bonds is 4. The van der Waals surface area contributed by atoms with E-state index < -0.39 is 35.6 Å². The van der Waals surface area contributed by atoms with Crippen LogP contribution in [0.5, 0.6) is 5.75 Å². The zero-order valence-corrected chi connectivity index (χ0v) is 11.3. The molecule has 23 heavy (non-hydrogen) atoms. The van der Waals surface area contributed by atoms with Gasteiger partial charge in [-0.3, -0.25) is 0 Å².